The topological polar surface area (TPSA) is 113 Å². The number of fused-ring (bicyclic) bond motifs is 1. The molecule has 4 heterocycles. The first-order chi connectivity index (χ1) is 17.9. The maximum Gasteiger partial charge on any atom is 0.328 e. The van der Waals surface area contributed by atoms with Gasteiger partial charge in [0.2, 0.25) is 5.88 Å². The van der Waals surface area contributed by atoms with E-state index in [1.807, 2.05) is 18.2 Å². The first kappa shape index (κ1) is 23.1. The molecule has 10 heteroatoms. The van der Waals surface area contributed by atoms with Gasteiger partial charge in [0, 0.05) is 19.2 Å². The van der Waals surface area contributed by atoms with Gasteiger partial charge >= 0.3 is 6.03 Å². The van der Waals surface area contributed by atoms with Crippen molar-refractivity contribution in [3.8, 4) is 11.6 Å². The molecule has 9 nitrogen and oxygen atoms in total. The minimum atomic E-state index is -1.47. The third-order valence-electron chi connectivity index (χ3n) is 7.21. The molecule has 3 aromatic rings. The van der Waals surface area contributed by atoms with Crippen molar-refractivity contribution in [2.75, 3.05) is 18.0 Å². The molecule has 1 aromatic heterocycles. The lowest BCUT2D eigenvalue weighted by Crippen LogP contribution is -2.71. The molecule has 0 saturated carbocycles. The Bertz CT molecular complexity index is 1370. The Morgan fingerprint density at radius 1 is 1.00 bits per heavy atom. The van der Waals surface area contributed by atoms with Crippen LogP contribution in [0.3, 0.4) is 0 Å². The predicted octanol–water partition coefficient (Wildman–Crippen LogP) is 2.95. The van der Waals surface area contributed by atoms with E-state index in [1.165, 1.54) is 12.1 Å². The number of halogens is 1. The highest BCUT2D eigenvalue weighted by atomic mass is 19.1. The fourth-order valence-electron chi connectivity index (χ4n) is 5.46. The van der Waals surface area contributed by atoms with Crippen LogP contribution in [0.4, 0.5) is 14.9 Å². The van der Waals surface area contributed by atoms with Crippen molar-refractivity contribution in [3.63, 3.8) is 0 Å². The van der Waals surface area contributed by atoms with Gasteiger partial charge in [0.05, 0.1) is 17.9 Å². The number of hydrogen-bond donors (Lipinski definition) is 3. The summed E-state index contributed by atoms with van der Waals surface area (Å²) in [5, 5.41) is 7.91. The molecule has 37 heavy (non-hydrogen) atoms. The third kappa shape index (κ3) is 3.99. The van der Waals surface area contributed by atoms with E-state index in [2.05, 4.69) is 20.9 Å². The van der Waals surface area contributed by atoms with Gasteiger partial charge < -0.3 is 15.0 Å². The Morgan fingerprint density at radius 2 is 1.78 bits per heavy atom. The van der Waals surface area contributed by atoms with E-state index in [0.717, 1.165) is 29.7 Å². The molecule has 1 atom stereocenters. The van der Waals surface area contributed by atoms with Crippen molar-refractivity contribution in [2.45, 2.75) is 30.8 Å². The van der Waals surface area contributed by atoms with Gasteiger partial charge in [-0.3, -0.25) is 20.2 Å². The zero-order valence-electron chi connectivity index (χ0n) is 19.8. The number of aromatic nitrogens is 1. The number of imide groups is 2. The van der Waals surface area contributed by atoms with Crippen LogP contribution in [0, 0.1) is 5.82 Å². The van der Waals surface area contributed by atoms with E-state index in [1.54, 1.807) is 35.4 Å². The number of nitrogens with one attached hydrogen (secondary N) is 3. The van der Waals surface area contributed by atoms with Crippen LogP contribution in [0.2, 0.25) is 0 Å². The lowest BCUT2D eigenvalue weighted by molar-refractivity contribution is -0.137. The van der Waals surface area contributed by atoms with E-state index in [9.17, 15) is 18.8 Å². The van der Waals surface area contributed by atoms with Gasteiger partial charge in [0.1, 0.15) is 11.6 Å². The highest BCUT2D eigenvalue weighted by Gasteiger charge is 2.57. The number of nitrogens with zero attached hydrogens (tertiary/aromatic N) is 2. The van der Waals surface area contributed by atoms with E-state index >= 15 is 0 Å². The first-order valence-corrected chi connectivity index (χ1v) is 12.1. The fraction of sp³-hybridized carbons (Fsp3) is 0.259. The number of barbiturate groups is 1. The molecule has 6 rings (SSSR count). The summed E-state index contributed by atoms with van der Waals surface area (Å²) in [6.07, 6.45) is 3.32. The van der Waals surface area contributed by atoms with E-state index < -0.39 is 23.4 Å². The summed E-state index contributed by atoms with van der Waals surface area (Å²) in [7, 11) is 0. The molecule has 0 bridgehead atoms. The molecule has 3 N–H and O–H groups in total. The summed E-state index contributed by atoms with van der Waals surface area (Å²) in [5.41, 5.74) is 2.38. The van der Waals surface area contributed by atoms with Gasteiger partial charge in [-0.15, -0.1) is 0 Å². The Balaban J connectivity index is 1.20. The Labute approximate surface area is 212 Å². The second kappa shape index (κ2) is 8.97. The summed E-state index contributed by atoms with van der Waals surface area (Å²) >= 11 is 0. The number of urea groups is 1. The van der Waals surface area contributed by atoms with Gasteiger partial charge in [0.25, 0.3) is 11.8 Å². The molecule has 188 valence electrons. The van der Waals surface area contributed by atoms with Crippen LogP contribution in [-0.4, -0.2) is 41.5 Å². The number of rotatable bonds is 4. The largest absolute Gasteiger partial charge is 0.439 e. The molecule has 1 unspecified atom stereocenters. The van der Waals surface area contributed by atoms with Gasteiger partial charge in [0.15, 0.2) is 5.54 Å². The third-order valence-corrected chi connectivity index (χ3v) is 7.21. The fourth-order valence-corrected chi connectivity index (χ4v) is 5.46. The molecule has 2 aromatic carbocycles. The van der Waals surface area contributed by atoms with Gasteiger partial charge in [-0.2, -0.15) is 0 Å². The van der Waals surface area contributed by atoms with Crippen molar-refractivity contribution in [3.05, 3.63) is 83.3 Å². The summed E-state index contributed by atoms with van der Waals surface area (Å²) in [6.45, 7) is 1.26. The molecule has 1 spiro atoms. The highest BCUT2D eigenvalue weighted by Crippen LogP contribution is 2.37. The van der Waals surface area contributed by atoms with E-state index in [0.29, 0.717) is 36.7 Å². The molecule has 3 aliphatic heterocycles. The molecule has 0 aliphatic carbocycles. The molecule has 4 amide bonds. The number of carbonyl (C=O) groups is 3. The van der Waals surface area contributed by atoms with Crippen LogP contribution in [0.25, 0.3) is 0 Å². The van der Waals surface area contributed by atoms with Crippen LogP contribution in [-0.2, 0) is 16.0 Å². The second-order valence-corrected chi connectivity index (χ2v) is 9.36. The number of anilines is 1. The zero-order valence-corrected chi connectivity index (χ0v) is 19.8. The zero-order chi connectivity index (χ0) is 25.6. The Kier molecular flexibility index (Phi) is 5.60. The van der Waals surface area contributed by atoms with Gasteiger partial charge in [-0.1, -0.05) is 18.2 Å². The second-order valence-electron chi connectivity index (χ2n) is 9.36. The van der Waals surface area contributed by atoms with Gasteiger partial charge in [-0.05, 0) is 66.3 Å². The Hall–Kier alpha value is -4.31. The van der Waals surface area contributed by atoms with Crippen molar-refractivity contribution >= 4 is 23.5 Å². The number of benzene rings is 2. The van der Waals surface area contributed by atoms with E-state index in [-0.39, 0.29) is 11.9 Å². The molecular weight excluding hydrogens is 477 g/mol. The molecule has 3 aliphatic rings. The van der Waals surface area contributed by atoms with Crippen LogP contribution < -0.4 is 25.6 Å². The maximum absolute atomic E-state index is 13.4. The average Bonchev–Trinajstić information content (AvgIpc) is 3.34. The smallest absolute Gasteiger partial charge is 0.328 e. The standard InChI is InChI=1S/C27H24FN5O4/c28-18-4-2-16(3-5-18)23-21-8-7-20(14-17(21)10-12-29-23)37-22-9-6-19(15-30-22)33-13-1-11-27(33)24(34)31-26(36)32-25(27)35/h2-9,14-15,23,29H,1,10-13H2,(H2,31,32,34,35,36). The quantitative estimate of drug-likeness (QED) is 0.471. The van der Waals surface area contributed by atoms with Crippen molar-refractivity contribution in [1.82, 2.24) is 20.9 Å². The van der Waals surface area contributed by atoms with Gasteiger partial charge in [-0.25, -0.2) is 14.2 Å². The van der Waals surface area contributed by atoms with Crippen molar-refractivity contribution in [1.29, 1.82) is 0 Å². The number of hydrogen-bond acceptors (Lipinski definition) is 7. The Morgan fingerprint density at radius 3 is 2.51 bits per heavy atom. The van der Waals surface area contributed by atoms with Crippen LogP contribution in [0.1, 0.15) is 35.6 Å². The van der Waals surface area contributed by atoms with Crippen LogP contribution >= 0.6 is 0 Å². The number of amides is 4. The summed E-state index contributed by atoms with van der Waals surface area (Å²) in [5.74, 6) is -0.500. The number of pyridine rings is 1. The van der Waals surface area contributed by atoms with Crippen LogP contribution in [0.5, 0.6) is 11.6 Å². The molecule has 2 saturated heterocycles. The lowest BCUT2D eigenvalue weighted by atomic mass is 9.90. The summed E-state index contributed by atoms with van der Waals surface area (Å²) in [4.78, 5) is 43.0. The monoisotopic (exact) mass is 501 g/mol. The molecular formula is C27H24FN5O4. The number of ether oxygens (including phenoxy) is 1. The predicted molar refractivity (Wildman–Crippen MR) is 132 cm³/mol. The maximum atomic E-state index is 13.4. The van der Waals surface area contributed by atoms with Crippen molar-refractivity contribution in [2.24, 2.45) is 0 Å². The average molecular weight is 502 g/mol. The normalized spacial score (nSPS) is 20.4. The van der Waals surface area contributed by atoms with Crippen molar-refractivity contribution < 1.29 is 23.5 Å². The SMILES string of the molecule is O=C1NC(=O)C2(CCCN2c2ccc(Oc3ccc4c(c3)CCNC4c3ccc(F)cc3)nc2)C(=O)N1. The van der Waals surface area contributed by atoms with E-state index in [4.69, 9.17) is 4.74 Å². The lowest BCUT2D eigenvalue weighted by Gasteiger charge is -2.38. The number of carbonyl (C=O) groups excluding carboxylic acids is 3. The molecule has 0 radical (unpaired) electrons. The first-order valence-electron chi connectivity index (χ1n) is 12.1. The highest BCUT2D eigenvalue weighted by molar-refractivity contribution is 6.24. The molecule has 2 fully saturated rings. The minimum absolute atomic E-state index is 0.0203. The summed E-state index contributed by atoms with van der Waals surface area (Å²) in [6, 6.07) is 15.0. The summed E-state index contributed by atoms with van der Waals surface area (Å²) < 4.78 is 19.4. The van der Waals surface area contributed by atoms with Crippen LogP contribution in [0.15, 0.2) is 60.8 Å². The minimum Gasteiger partial charge on any atom is -0.439 e.